The van der Waals surface area contributed by atoms with Gasteiger partial charge in [-0.25, -0.2) is 0 Å². The first-order chi connectivity index (χ1) is 12.3. The lowest BCUT2D eigenvalue weighted by molar-refractivity contribution is 0.0979. The van der Waals surface area contributed by atoms with E-state index in [0.717, 1.165) is 24.1 Å². The third-order valence-electron chi connectivity index (χ3n) is 4.70. The predicted octanol–water partition coefficient (Wildman–Crippen LogP) is 4.53. The van der Waals surface area contributed by atoms with Crippen LogP contribution in [0.3, 0.4) is 0 Å². The number of ketones is 1. The minimum absolute atomic E-state index is 0.0808. The molecule has 1 heterocycles. The van der Waals surface area contributed by atoms with Crippen molar-refractivity contribution in [2.75, 3.05) is 19.6 Å². The summed E-state index contributed by atoms with van der Waals surface area (Å²) in [4.78, 5) is 15.4. The molecule has 2 nitrogen and oxygen atoms in total. The summed E-state index contributed by atoms with van der Waals surface area (Å²) in [6.07, 6.45) is 4.77. The van der Waals surface area contributed by atoms with Crippen molar-refractivity contribution in [2.45, 2.75) is 31.6 Å². The van der Waals surface area contributed by atoms with Gasteiger partial charge >= 0.3 is 0 Å². The van der Waals surface area contributed by atoms with E-state index in [4.69, 9.17) is 0 Å². The van der Waals surface area contributed by atoms with Crippen LogP contribution < -0.4 is 0 Å². The molecular formula is C23H25NO. The molecule has 1 saturated heterocycles. The van der Waals surface area contributed by atoms with Crippen molar-refractivity contribution in [3.8, 4) is 11.8 Å². The number of Topliss-reactive ketones (excluding diaryl/α,β-unsaturated/α-hetero) is 1. The highest BCUT2D eigenvalue weighted by atomic mass is 16.1. The minimum atomic E-state index is -0.384. The number of hydrogen-bond acceptors (Lipinski definition) is 2. The van der Waals surface area contributed by atoms with Crippen LogP contribution in [-0.4, -0.2) is 30.3 Å². The zero-order valence-electron chi connectivity index (χ0n) is 14.7. The van der Waals surface area contributed by atoms with Crippen LogP contribution in [0, 0.1) is 11.8 Å². The van der Waals surface area contributed by atoms with Gasteiger partial charge in [0.1, 0.15) is 5.92 Å². The third-order valence-corrected chi connectivity index (χ3v) is 4.70. The fraction of sp³-hybridized carbons (Fsp3) is 0.348. The van der Waals surface area contributed by atoms with Gasteiger partial charge in [0.25, 0.3) is 0 Å². The highest BCUT2D eigenvalue weighted by molar-refractivity contribution is 6.03. The molecule has 2 heteroatoms. The molecule has 2 aromatic rings. The van der Waals surface area contributed by atoms with Crippen molar-refractivity contribution < 1.29 is 4.79 Å². The zero-order valence-corrected chi connectivity index (χ0v) is 14.7. The third kappa shape index (κ3) is 5.05. The Morgan fingerprint density at radius 1 is 0.920 bits per heavy atom. The second-order valence-electron chi connectivity index (χ2n) is 6.55. The van der Waals surface area contributed by atoms with E-state index in [1.54, 1.807) is 0 Å². The first-order valence-corrected chi connectivity index (χ1v) is 9.19. The largest absolute Gasteiger partial charge is 0.302 e. The first-order valence-electron chi connectivity index (χ1n) is 9.19. The van der Waals surface area contributed by atoms with Crippen LogP contribution in [0.2, 0.25) is 0 Å². The number of benzene rings is 2. The van der Waals surface area contributed by atoms with Crippen LogP contribution >= 0.6 is 0 Å². The molecule has 0 aliphatic carbocycles. The summed E-state index contributed by atoms with van der Waals surface area (Å²) < 4.78 is 0. The summed E-state index contributed by atoms with van der Waals surface area (Å²) in [6, 6.07) is 19.4. The van der Waals surface area contributed by atoms with Crippen molar-refractivity contribution in [2.24, 2.45) is 0 Å². The van der Waals surface area contributed by atoms with Crippen molar-refractivity contribution >= 4 is 5.78 Å². The molecule has 0 bridgehead atoms. The molecule has 1 fully saturated rings. The first kappa shape index (κ1) is 17.5. The van der Waals surface area contributed by atoms with Crippen molar-refractivity contribution in [3.05, 3.63) is 71.8 Å². The smallest absolute Gasteiger partial charge is 0.182 e. The Hall–Kier alpha value is -2.37. The summed E-state index contributed by atoms with van der Waals surface area (Å²) >= 11 is 0. The fourth-order valence-electron chi connectivity index (χ4n) is 3.29. The van der Waals surface area contributed by atoms with Gasteiger partial charge in [0.2, 0.25) is 0 Å². The number of nitrogens with zero attached hydrogens (tertiary/aromatic N) is 1. The lowest BCUT2D eigenvalue weighted by atomic mass is 9.91. The van der Waals surface area contributed by atoms with E-state index < -0.39 is 0 Å². The number of rotatable bonds is 5. The van der Waals surface area contributed by atoms with Gasteiger partial charge in [-0.1, -0.05) is 73.0 Å². The van der Waals surface area contributed by atoms with Gasteiger partial charge in [-0.15, -0.1) is 5.92 Å². The van der Waals surface area contributed by atoms with Crippen LogP contribution in [0.15, 0.2) is 60.7 Å². The summed E-state index contributed by atoms with van der Waals surface area (Å²) in [5.41, 5.74) is 1.70. The number of carbonyl (C=O) groups excluding carboxylic acids is 1. The number of piperidine rings is 1. The molecule has 1 aliphatic heterocycles. The molecule has 0 saturated carbocycles. The van der Waals surface area contributed by atoms with Crippen LogP contribution in [0.5, 0.6) is 0 Å². The number of carbonyl (C=O) groups is 1. The van der Waals surface area contributed by atoms with E-state index in [0.29, 0.717) is 0 Å². The maximum Gasteiger partial charge on any atom is 0.182 e. The van der Waals surface area contributed by atoms with Gasteiger partial charge in [0, 0.05) is 18.5 Å². The molecule has 0 aromatic heterocycles. The molecule has 0 unspecified atom stereocenters. The molecular weight excluding hydrogens is 306 g/mol. The zero-order chi connectivity index (χ0) is 17.3. The SMILES string of the molecule is O=C(c1ccccc1)[C@@H](C#CCCN1CCCCC1)c1ccccc1. The molecule has 0 amide bonds. The van der Waals surface area contributed by atoms with Gasteiger partial charge in [0.05, 0.1) is 0 Å². The Morgan fingerprint density at radius 3 is 2.24 bits per heavy atom. The highest BCUT2D eigenvalue weighted by Crippen LogP contribution is 2.20. The molecule has 3 rings (SSSR count). The van der Waals surface area contributed by atoms with Gasteiger partial charge in [-0.3, -0.25) is 4.79 Å². The average Bonchev–Trinajstić information content (AvgIpc) is 2.70. The van der Waals surface area contributed by atoms with E-state index in [2.05, 4.69) is 16.7 Å². The van der Waals surface area contributed by atoms with Crippen LogP contribution in [-0.2, 0) is 0 Å². The van der Waals surface area contributed by atoms with Gasteiger partial charge in [0.15, 0.2) is 5.78 Å². The Morgan fingerprint density at radius 2 is 1.56 bits per heavy atom. The van der Waals surface area contributed by atoms with E-state index in [1.807, 2.05) is 60.7 Å². The van der Waals surface area contributed by atoms with E-state index >= 15 is 0 Å². The number of hydrogen-bond donors (Lipinski definition) is 0. The Balaban J connectivity index is 1.71. The molecule has 2 aromatic carbocycles. The van der Waals surface area contributed by atoms with Gasteiger partial charge in [-0.05, 0) is 31.5 Å². The van der Waals surface area contributed by atoms with Crippen molar-refractivity contribution in [3.63, 3.8) is 0 Å². The normalized spacial score (nSPS) is 15.8. The highest BCUT2D eigenvalue weighted by Gasteiger charge is 2.19. The second kappa shape index (κ2) is 9.20. The summed E-state index contributed by atoms with van der Waals surface area (Å²) in [5.74, 6) is 6.21. The molecule has 25 heavy (non-hydrogen) atoms. The average molecular weight is 331 g/mol. The van der Waals surface area contributed by atoms with Crippen molar-refractivity contribution in [1.82, 2.24) is 4.90 Å². The number of likely N-dealkylation sites (tertiary alicyclic amines) is 1. The molecule has 0 spiro atoms. The predicted molar refractivity (Wildman–Crippen MR) is 103 cm³/mol. The van der Waals surface area contributed by atoms with Gasteiger partial charge in [-0.2, -0.15) is 0 Å². The maximum atomic E-state index is 12.9. The Kier molecular flexibility index (Phi) is 6.42. The van der Waals surface area contributed by atoms with Crippen LogP contribution in [0.25, 0.3) is 0 Å². The monoisotopic (exact) mass is 331 g/mol. The minimum Gasteiger partial charge on any atom is -0.302 e. The molecule has 128 valence electrons. The topological polar surface area (TPSA) is 20.3 Å². The standard InChI is InChI=1S/C23H25NO/c25-23(21-14-6-2-7-15-21)22(20-12-4-1-5-13-20)16-8-11-19-24-17-9-3-10-18-24/h1-2,4-7,12-15,22H,3,9-11,17-19H2/t22-/m0/s1. The second-order valence-corrected chi connectivity index (χ2v) is 6.55. The fourth-order valence-corrected chi connectivity index (χ4v) is 3.29. The van der Waals surface area contributed by atoms with E-state index in [9.17, 15) is 4.79 Å². The lowest BCUT2D eigenvalue weighted by Crippen LogP contribution is -2.30. The van der Waals surface area contributed by atoms with Crippen molar-refractivity contribution in [1.29, 1.82) is 0 Å². The molecule has 1 atom stereocenters. The summed E-state index contributed by atoms with van der Waals surface area (Å²) in [6.45, 7) is 3.38. The van der Waals surface area contributed by atoms with E-state index in [1.165, 1.54) is 32.4 Å². The molecule has 0 radical (unpaired) electrons. The Labute approximate surface area is 150 Å². The van der Waals surface area contributed by atoms with Gasteiger partial charge < -0.3 is 4.90 Å². The van der Waals surface area contributed by atoms with Crippen LogP contribution in [0.4, 0.5) is 0 Å². The molecule has 0 N–H and O–H groups in total. The van der Waals surface area contributed by atoms with E-state index in [-0.39, 0.29) is 11.7 Å². The van der Waals surface area contributed by atoms with Crippen LogP contribution in [0.1, 0.15) is 47.5 Å². The Bertz CT molecular complexity index is 721. The molecule has 1 aliphatic rings. The quantitative estimate of drug-likeness (QED) is 0.592. The summed E-state index contributed by atoms with van der Waals surface area (Å²) in [5, 5.41) is 0. The lowest BCUT2D eigenvalue weighted by Gasteiger charge is -2.25. The summed E-state index contributed by atoms with van der Waals surface area (Å²) in [7, 11) is 0. The maximum absolute atomic E-state index is 12.9.